The molecule has 0 radical (unpaired) electrons. The van der Waals surface area contributed by atoms with Crippen LogP contribution in [-0.4, -0.2) is 89.4 Å². The highest BCUT2D eigenvalue weighted by atomic mass is 35.5. The summed E-state index contributed by atoms with van der Waals surface area (Å²) in [5.74, 6) is -0.131. The van der Waals surface area contributed by atoms with Crippen LogP contribution >= 0.6 is 11.6 Å². The highest BCUT2D eigenvalue weighted by Crippen LogP contribution is 2.23. The number of aryl methyl sites for hydroxylation is 1. The lowest BCUT2D eigenvalue weighted by Crippen LogP contribution is -2.47. The molecule has 1 heterocycles. The third-order valence-corrected chi connectivity index (χ3v) is 6.19. The number of rotatable bonds is 13. The van der Waals surface area contributed by atoms with E-state index in [1.54, 1.807) is 30.7 Å². The molecule has 47 heavy (non-hydrogen) atoms. The first-order valence-electron chi connectivity index (χ1n) is 15.5. The Bertz CT molecular complexity index is 1080. The van der Waals surface area contributed by atoms with E-state index in [-0.39, 0.29) is 30.8 Å². The number of ether oxygens (including phenoxy) is 2. The van der Waals surface area contributed by atoms with Gasteiger partial charge < -0.3 is 35.6 Å². The van der Waals surface area contributed by atoms with Gasteiger partial charge >= 0.3 is 6.09 Å². The second-order valence-corrected chi connectivity index (χ2v) is 10.4. The maximum Gasteiger partial charge on any atom is 0.410 e. The van der Waals surface area contributed by atoms with E-state index in [9.17, 15) is 9.59 Å². The summed E-state index contributed by atoms with van der Waals surface area (Å²) < 4.78 is 9.87. The number of nitrogens with one attached hydrogen (secondary N) is 4. The summed E-state index contributed by atoms with van der Waals surface area (Å²) >= 11 is 5.93. The van der Waals surface area contributed by atoms with E-state index in [0.29, 0.717) is 0 Å². The molecule has 1 aliphatic heterocycles. The molecular formula is C36H59ClN6O4. The quantitative estimate of drug-likeness (QED) is 0.0903. The number of aliphatic imine (C=N–C) groups is 1. The van der Waals surface area contributed by atoms with Crippen LogP contribution in [0.1, 0.15) is 51.7 Å². The van der Waals surface area contributed by atoms with Crippen molar-refractivity contribution in [1.29, 1.82) is 0 Å². The molecular weight excluding hydrogens is 616 g/mol. The highest BCUT2D eigenvalue weighted by Gasteiger charge is 2.18. The minimum atomic E-state index is -0.171. The van der Waals surface area contributed by atoms with Crippen LogP contribution in [0.5, 0.6) is 0 Å². The molecule has 11 heteroatoms. The Morgan fingerprint density at radius 2 is 1.83 bits per heavy atom. The van der Waals surface area contributed by atoms with Crippen molar-refractivity contribution in [3.63, 3.8) is 0 Å². The maximum atomic E-state index is 11.4. The zero-order valence-electron chi connectivity index (χ0n) is 29.6. The van der Waals surface area contributed by atoms with E-state index in [1.165, 1.54) is 18.2 Å². The van der Waals surface area contributed by atoms with Gasteiger partial charge in [0.2, 0.25) is 5.91 Å². The summed E-state index contributed by atoms with van der Waals surface area (Å²) in [6.07, 6.45) is 19.4. The maximum absolute atomic E-state index is 11.4. The van der Waals surface area contributed by atoms with Gasteiger partial charge in [-0.2, -0.15) is 0 Å². The minimum Gasteiger partial charge on any atom is -0.446 e. The number of terminal acetylenes is 1. The molecule has 1 aromatic rings. The van der Waals surface area contributed by atoms with Crippen molar-refractivity contribution in [3.8, 4) is 12.8 Å². The van der Waals surface area contributed by atoms with Crippen molar-refractivity contribution in [2.45, 2.75) is 59.1 Å². The number of hydrogen-bond donors (Lipinski definition) is 4. The fraction of sp³-hybridized carbons (Fsp3) is 0.472. The summed E-state index contributed by atoms with van der Waals surface area (Å²) in [6.45, 7) is 22.2. The smallest absolute Gasteiger partial charge is 0.410 e. The summed E-state index contributed by atoms with van der Waals surface area (Å²) in [4.78, 5) is 27.9. The number of amides is 2. The van der Waals surface area contributed by atoms with Crippen molar-refractivity contribution >= 4 is 35.5 Å². The van der Waals surface area contributed by atoms with E-state index in [1.807, 2.05) is 59.0 Å². The van der Waals surface area contributed by atoms with E-state index in [4.69, 9.17) is 16.3 Å². The number of nitrogens with zero attached hydrogens (tertiary/aromatic N) is 2. The average molecular weight is 675 g/mol. The molecule has 264 valence electrons. The van der Waals surface area contributed by atoms with Gasteiger partial charge in [0.1, 0.15) is 12.7 Å². The number of allylic oxidation sites excluding steroid dienone is 2. The van der Waals surface area contributed by atoms with Crippen LogP contribution in [0.15, 0.2) is 67.5 Å². The van der Waals surface area contributed by atoms with Crippen molar-refractivity contribution in [2.75, 3.05) is 54.0 Å². The Labute approximate surface area is 289 Å². The van der Waals surface area contributed by atoms with Crippen molar-refractivity contribution in [3.05, 3.63) is 78.6 Å². The summed E-state index contributed by atoms with van der Waals surface area (Å²) in [7, 11) is 4.97. The highest BCUT2D eigenvalue weighted by molar-refractivity contribution is 6.30. The number of carbonyl (C=O) groups excluding carboxylic acids is 2. The molecule has 1 saturated heterocycles. The Kier molecular flexibility index (Phi) is 33.6. The van der Waals surface area contributed by atoms with Gasteiger partial charge in [-0.25, -0.2) is 4.79 Å². The first-order chi connectivity index (χ1) is 22.5. The molecule has 1 aromatic carbocycles. The fourth-order valence-corrected chi connectivity index (χ4v) is 3.56. The van der Waals surface area contributed by atoms with Crippen LogP contribution in [0.25, 0.3) is 5.57 Å². The van der Waals surface area contributed by atoms with Crippen molar-refractivity contribution in [1.82, 2.24) is 26.2 Å². The number of benzene rings is 1. The zero-order valence-corrected chi connectivity index (χ0v) is 30.4. The molecule has 0 aromatic heterocycles. The first kappa shape index (κ1) is 47.4. The molecule has 1 fully saturated rings. The van der Waals surface area contributed by atoms with E-state index < -0.39 is 0 Å². The van der Waals surface area contributed by atoms with Gasteiger partial charge in [-0.15, -0.1) is 19.4 Å². The molecule has 0 bridgehead atoms. The first-order valence-corrected chi connectivity index (χ1v) is 15.8. The van der Waals surface area contributed by atoms with Crippen LogP contribution in [0.3, 0.4) is 0 Å². The lowest BCUT2D eigenvalue weighted by atomic mass is 9.98. The number of halogens is 1. The Morgan fingerprint density at radius 1 is 1.21 bits per heavy atom. The minimum absolute atomic E-state index is 0.0300. The van der Waals surface area contributed by atoms with Gasteiger partial charge in [-0.05, 0) is 81.8 Å². The Morgan fingerprint density at radius 3 is 2.32 bits per heavy atom. The number of carbonyl (C=O) groups is 2. The lowest BCUT2D eigenvalue weighted by molar-refractivity contribution is -0.125. The summed E-state index contributed by atoms with van der Waals surface area (Å²) in [5.41, 5.74) is 3.52. The van der Waals surface area contributed by atoms with Gasteiger partial charge in [-0.1, -0.05) is 49.4 Å². The van der Waals surface area contributed by atoms with Crippen LogP contribution in [-0.2, 0) is 20.7 Å². The molecule has 4 N–H and O–H groups in total. The Hall–Kier alpha value is -4.04. The fourth-order valence-electron chi connectivity index (χ4n) is 3.39. The van der Waals surface area contributed by atoms with Crippen molar-refractivity contribution < 1.29 is 19.1 Å². The van der Waals surface area contributed by atoms with E-state index in [2.05, 4.69) is 69.6 Å². The van der Waals surface area contributed by atoms with Crippen molar-refractivity contribution in [2.24, 2.45) is 4.99 Å². The monoisotopic (exact) mass is 674 g/mol. The normalized spacial score (nSPS) is 12.9. The second kappa shape index (κ2) is 33.3. The molecule has 2 rings (SSSR count). The molecule has 10 nitrogen and oxygen atoms in total. The van der Waals surface area contributed by atoms with Crippen LogP contribution < -0.4 is 21.3 Å². The number of piperazine rings is 1. The van der Waals surface area contributed by atoms with Gasteiger partial charge in [0, 0.05) is 58.4 Å². The third-order valence-electron chi connectivity index (χ3n) is 5.95. The van der Waals surface area contributed by atoms with E-state index >= 15 is 0 Å². The predicted molar refractivity (Wildman–Crippen MR) is 201 cm³/mol. The molecule has 1 aliphatic rings. The average Bonchev–Trinajstić information content (AvgIpc) is 3.08. The zero-order chi connectivity index (χ0) is 36.5. The topological polar surface area (TPSA) is 116 Å². The number of methoxy groups -OCH3 is 1. The van der Waals surface area contributed by atoms with Crippen LogP contribution in [0.4, 0.5) is 4.79 Å². The summed E-state index contributed by atoms with van der Waals surface area (Å²) in [6, 6.07) is 5.93. The molecule has 2 amide bonds. The standard InChI is InChI=1S/C13H15Cl.C9H17N3O2.C9H18N2O2.C3H7N.C2H2/c1-4-5-6-11-7-8-12(14)9-13(11)10(2)3;1-8(4-5-11-7-10-2)12-9(13)6-14-3;1-3-8(2)13-9(12)11-6-4-10-5-7-11;1-3-4-2;1-2/h4,7-9H,1-2,5-6H2,3H3;4-5,7-8H,6H2,1-3H3,(H,10,11)(H,12,13);8,10H,3-7H2,1-2H3;3-4H,1H2,2H3;1-2H/b;5-4+;;;/t;8-;;;/m.1.../s1. The SMILES string of the molecule is C#C.C=CCCc1ccc(Cl)cc1C(=C)C.C=CNC.CCC(C)OC(=O)N1CCNCC1.CN=CN/C=C/[C@@H](C)NC(=O)COC. The lowest BCUT2D eigenvalue weighted by Gasteiger charge is -2.27. The molecule has 0 aliphatic carbocycles. The number of hydrogen-bond acceptors (Lipinski definition) is 7. The van der Waals surface area contributed by atoms with Gasteiger partial charge in [-0.3, -0.25) is 9.79 Å². The largest absolute Gasteiger partial charge is 0.446 e. The molecule has 0 saturated carbocycles. The van der Waals surface area contributed by atoms with Crippen LogP contribution in [0, 0.1) is 12.8 Å². The predicted octanol–water partition coefficient (Wildman–Crippen LogP) is 5.82. The second-order valence-electron chi connectivity index (χ2n) is 9.94. The van der Waals surface area contributed by atoms with Gasteiger partial charge in [0.15, 0.2) is 0 Å². The van der Waals surface area contributed by atoms with Gasteiger partial charge in [0.25, 0.3) is 0 Å². The summed E-state index contributed by atoms with van der Waals surface area (Å²) in [5, 5.41) is 12.2. The Balaban J connectivity index is -0.000000569. The van der Waals surface area contributed by atoms with Crippen LogP contribution in [0.2, 0.25) is 5.02 Å². The molecule has 2 atom stereocenters. The van der Waals surface area contributed by atoms with E-state index in [0.717, 1.165) is 56.0 Å². The molecule has 0 spiro atoms. The van der Waals surface area contributed by atoms with Gasteiger partial charge in [0.05, 0.1) is 6.34 Å². The molecule has 1 unspecified atom stereocenters. The third kappa shape index (κ3) is 28.0.